The number of hydrogen-bond acceptors (Lipinski definition) is 8. The molecule has 3 rings (SSSR count). The number of carbonyl (C=O) groups excluding carboxylic acids is 2. The fraction of sp³-hybridized carbons (Fsp3) is 0.333. The molecule has 0 bridgehead atoms. The minimum absolute atomic E-state index is 0.00641. The van der Waals surface area contributed by atoms with Gasteiger partial charge in [0.2, 0.25) is 5.78 Å². The van der Waals surface area contributed by atoms with Crippen LogP contribution in [0, 0.1) is 0 Å². The van der Waals surface area contributed by atoms with E-state index in [4.69, 9.17) is 19.3 Å². The van der Waals surface area contributed by atoms with Crippen molar-refractivity contribution in [3.05, 3.63) is 57.5 Å². The van der Waals surface area contributed by atoms with E-state index in [2.05, 4.69) is 0 Å². The van der Waals surface area contributed by atoms with Gasteiger partial charge in [-0.2, -0.15) is 0 Å². The number of hydrogen-bond donors (Lipinski definition) is 2. The van der Waals surface area contributed by atoms with E-state index in [0.717, 1.165) is 0 Å². The molecule has 1 atom stereocenters. The summed E-state index contributed by atoms with van der Waals surface area (Å²) >= 11 is 1.23. The van der Waals surface area contributed by atoms with E-state index in [1.54, 1.807) is 35.7 Å². The molecule has 1 aromatic carbocycles. The van der Waals surface area contributed by atoms with Crippen molar-refractivity contribution in [1.82, 2.24) is 4.90 Å². The Morgan fingerprint density at radius 1 is 1.20 bits per heavy atom. The second-order valence-corrected chi connectivity index (χ2v) is 7.36. The van der Waals surface area contributed by atoms with Crippen LogP contribution in [0.5, 0.6) is 11.5 Å². The lowest BCUT2D eigenvalue weighted by Gasteiger charge is -2.28. The lowest BCUT2D eigenvalue weighted by atomic mass is 9.94. The van der Waals surface area contributed by atoms with Crippen LogP contribution < -0.4 is 9.47 Å². The predicted octanol–water partition coefficient (Wildman–Crippen LogP) is 2.35. The van der Waals surface area contributed by atoms with Gasteiger partial charge < -0.3 is 29.3 Å². The molecule has 1 aromatic heterocycles. The molecule has 0 spiro atoms. The summed E-state index contributed by atoms with van der Waals surface area (Å²) in [6.45, 7) is 0.229. The number of aliphatic hydroxyl groups excluding tert-OH is 2. The minimum Gasteiger partial charge on any atom is -0.503 e. The van der Waals surface area contributed by atoms with Crippen molar-refractivity contribution in [2.75, 3.05) is 40.6 Å². The molecular weight excluding hydrogens is 410 g/mol. The Bertz CT molecular complexity index is 939. The average Bonchev–Trinajstić information content (AvgIpc) is 3.38. The van der Waals surface area contributed by atoms with E-state index in [0.29, 0.717) is 21.9 Å². The molecule has 0 fully saturated rings. The fourth-order valence-corrected chi connectivity index (χ4v) is 4.03. The number of benzene rings is 1. The predicted molar refractivity (Wildman–Crippen MR) is 110 cm³/mol. The second kappa shape index (κ2) is 9.75. The van der Waals surface area contributed by atoms with Crippen molar-refractivity contribution in [2.24, 2.45) is 0 Å². The third-order valence-electron chi connectivity index (χ3n) is 4.74. The average molecular weight is 433 g/mol. The molecule has 160 valence electrons. The van der Waals surface area contributed by atoms with E-state index in [1.165, 1.54) is 30.5 Å². The van der Waals surface area contributed by atoms with Crippen molar-refractivity contribution in [3.8, 4) is 11.5 Å². The Morgan fingerprint density at radius 3 is 2.63 bits per heavy atom. The summed E-state index contributed by atoms with van der Waals surface area (Å²) < 4.78 is 16.0. The first-order chi connectivity index (χ1) is 14.5. The Hall–Kier alpha value is -2.88. The van der Waals surface area contributed by atoms with Crippen LogP contribution in [0.1, 0.15) is 21.3 Å². The molecule has 0 radical (unpaired) electrons. The smallest absolute Gasteiger partial charge is 0.290 e. The second-order valence-electron chi connectivity index (χ2n) is 6.41. The summed E-state index contributed by atoms with van der Waals surface area (Å²) in [6, 6.07) is 7.58. The Balaban J connectivity index is 2.06. The molecule has 0 saturated carbocycles. The third kappa shape index (κ3) is 4.18. The maximum atomic E-state index is 13.2. The highest BCUT2D eigenvalue weighted by Crippen LogP contribution is 2.43. The van der Waals surface area contributed by atoms with E-state index < -0.39 is 23.5 Å². The zero-order valence-electron chi connectivity index (χ0n) is 16.7. The Morgan fingerprint density at radius 2 is 2.00 bits per heavy atom. The van der Waals surface area contributed by atoms with Crippen LogP contribution >= 0.6 is 11.3 Å². The lowest BCUT2D eigenvalue weighted by Crippen LogP contribution is -2.34. The van der Waals surface area contributed by atoms with Gasteiger partial charge in [0.15, 0.2) is 5.76 Å². The number of amides is 1. The summed E-state index contributed by atoms with van der Waals surface area (Å²) in [6.07, 6.45) is 0. The van der Waals surface area contributed by atoms with Crippen molar-refractivity contribution in [1.29, 1.82) is 0 Å². The van der Waals surface area contributed by atoms with Gasteiger partial charge in [0.1, 0.15) is 11.5 Å². The van der Waals surface area contributed by atoms with Gasteiger partial charge in [-0.05, 0) is 23.6 Å². The quantitative estimate of drug-likeness (QED) is 0.438. The summed E-state index contributed by atoms with van der Waals surface area (Å²) in [5.74, 6) is -0.696. The summed E-state index contributed by atoms with van der Waals surface area (Å²) in [4.78, 5) is 27.8. The summed E-state index contributed by atoms with van der Waals surface area (Å²) in [5.41, 5.74) is 0.533. The summed E-state index contributed by atoms with van der Waals surface area (Å²) in [5, 5.41) is 21.3. The molecule has 1 unspecified atom stereocenters. The standard InChI is InChI=1S/C21H23NO7S/c1-27-13-5-6-14(15(12-13)28-2)18-17(19(24)16-4-3-11-30-16)20(25)21(26)22(18)7-9-29-10-8-23/h3-6,11-12,18,23,25H,7-10H2,1-2H3. The van der Waals surface area contributed by atoms with Crippen LogP contribution in [0.2, 0.25) is 0 Å². The number of ether oxygens (including phenoxy) is 3. The van der Waals surface area contributed by atoms with Crippen molar-refractivity contribution >= 4 is 23.0 Å². The normalized spacial score (nSPS) is 16.3. The highest BCUT2D eigenvalue weighted by molar-refractivity contribution is 7.12. The van der Waals surface area contributed by atoms with Crippen molar-refractivity contribution in [3.63, 3.8) is 0 Å². The lowest BCUT2D eigenvalue weighted by molar-refractivity contribution is -0.130. The monoisotopic (exact) mass is 433 g/mol. The van der Waals surface area contributed by atoms with E-state index >= 15 is 0 Å². The largest absolute Gasteiger partial charge is 0.503 e. The Kier molecular flexibility index (Phi) is 7.09. The molecule has 2 N–H and O–H groups in total. The molecule has 1 aliphatic rings. The molecule has 1 aliphatic heterocycles. The number of aliphatic hydroxyl groups is 2. The number of Topliss-reactive ketones (excluding diaryl/α,β-unsaturated/α-hetero) is 1. The van der Waals surface area contributed by atoms with E-state index in [9.17, 15) is 14.7 Å². The molecule has 2 aromatic rings. The first-order valence-electron chi connectivity index (χ1n) is 9.26. The van der Waals surface area contributed by atoms with Crippen LogP contribution in [0.4, 0.5) is 0 Å². The topological polar surface area (TPSA) is 106 Å². The molecule has 8 nitrogen and oxygen atoms in total. The number of methoxy groups -OCH3 is 2. The minimum atomic E-state index is -0.856. The van der Waals surface area contributed by atoms with Crippen LogP contribution in [0.15, 0.2) is 47.0 Å². The first-order valence-corrected chi connectivity index (χ1v) is 10.1. The van der Waals surface area contributed by atoms with Crippen molar-refractivity contribution < 1.29 is 34.0 Å². The number of carbonyl (C=O) groups is 2. The van der Waals surface area contributed by atoms with Gasteiger partial charge >= 0.3 is 0 Å². The van der Waals surface area contributed by atoms with Gasteiger partial charge in [0, 0.05) is 18.2 Å². The molecule has 0 saturated heterocycles. The van der Waals surface area contributed by atoms with Gasteiger partial charge in [0.05, 0.1) is 50.5 Å². The number of nitrogens with zero attached hydrogens (tertiary/aromatic N) is 1. The highest BCUT2D eigenvalue weighted by Gasteiger charge is 2.44. The number of ketones is 1. The zero-order valence-corrected chi connectivity index (χ0v) is 17.5. The highest BCUT2D eigenvalue weighted by atomic mass is 32.1. The molecule has 0 aliphatic carbocycles. The molecular formula is C21H23NO7S. The fourth-order valence-electron chi connectivity index (χ4n) is 3.35. The third-order valence-corrected chi connectivity index (χ3v) is 5.61. The maximum absolute atomic E-state index is 13.2. The van der Waals surface area contributed by atoms with E-state index in [1.807, 2.05) is 0 Å². The van der Waals surface area contributed by atoms with Crippen LogP contribution in [0.3, 0.4) is 0 Å². The molecule has 9 heteroatoms. The summed E-state index contributed by atoms with van der Waals surface area (Å²) in [7, 11) is 3.00. The Labute approximate surface area is 177 Å². The van der Waals surface area contributed by atoms with Gasteiger partial charge in [-0.25, -0.2) is 0 Å². The van der Waals surface area contributed by atoms with Crippen LogP contribution in [-0.2, 0) is 9.53 Å². The maximum Gasteiger partial charge on any atom is 0.290 e. The molecule has 30 heavy (non-hydrogen) atoms. The van der Waals surface area contributed by atoms with Gasteiger partial charge in [-0.3, -0.25) is 9.59 Å². The number of rotatable bonds is 10. The number of thiophene rings is 1. The van der Waals surface area contributed by atoms with Crippen LogP contribution in [0.25, 0.3) is 0 Å². The van der Waals surface area contributed by atoms with E-state index in [-0.39, 0.29) is 31.9 Å². The SMILES string of the molecule is COc1ccc(C2C(C(=O)c3cccs3)=C(O)C(=O)N2CCOCCO)c(OC)c1. The van der Waals surface area contributed by atoms with Crippen molar-refractivity contribution in [2.45, 2.75) is 6.04 Å². The van der Waals surface area contributed by atoms with Gasteiger partial charge in [-0.15, -0.1) is 11.3 Å². The molecule has 1 amide bonds. The van der Waals surface area contributed by atoms with Gasteiger partial charge in [-0.1, -0.05) is 6.07 Å². The van der Waals surface area contributed by atoms with Crippen LogP contribution in [-0.4, -0.2) is 67.4 Å². The molecule has 2 heterocycles. The van der Waals surface area contributed by atoms with Gasteiger partial charge in [0.25, 0.3) is 5.91 Å². The first kappa shape index (κ1) is 21.8. The zero-order chi connectivity index (χ0) is 21.7.